The minimum atomic E-state index is -0.487. The highest BCUT2D eigenvalue weighted by Crippen LogP contribution is 2.29. The third kappa shape index (κ3) is 5.57. The van der Waals surface area contributed by atoms with E-state index >= 15 is 0 Å². The molecule has 1 aliphatic rings. The van der Waals surface area contributed by atoms with Gasteiger partial charge in [-0.05, 0) is 54.1 Å². The fourth-order valence-electron chi connectivity index (χ4n) is 3.18. The third-order valence-corrected chi connectivity index (χ3v) is 6.27. The lowest BCUT2D eigenvalue weighted by atomic mass is 10.2. The van der Waals surface area contributed by atoms with Gasteiger partial charge in [0.15, 0.2) is 0 Å². The van der Waals surface area contributed by atoms with Crippen LogP contribution in [0.25, 0.3) is 10.4 Å². The Kier molecular flexibility index (Phi) is 6.71. The van der Waals surface area contributed by atoms with Crippen LogP contribution in [0.15, 0.2) is 60.7 Å². The molecule has 33 heavy (non-hydrogen) atoms. The van der Waals surface area contributed by atoms with Crippen molar-refractivity contribution in [3.63, 3.8) is 0 Å². The molecule has 8 nitrogen and oxygen atoms in total. The quantitative estimate of drug-likeness (QED) is 0.438. The smallest absolute Gasteiger partial charge is 0.324 e. The molecule has 3 aromatic rings. The maximum atomic E-state index is 12.6. The molecule has 10 heteroatoms. The van der Waals surface area contributed by atoms with E-state index in [4.69, 9.17) is 11.6 Å². The summed E-state index contributed by atoms with van der Waals surface area (Å²) >= 11 is 7.30. The number of hydrogen-bond acceptors (Lipinski definition) is 5. The molecular weight excluding hydrogens is 464 g/mol. The summed E-state index contributed by atoms with van der Waals surface area (Å²) in [5, 5.41) is 8.60. The molecule has 1 aromatic heterocycles. The van der Waals surface area contributed by atoms with Crippen LogP contribution in [0, 0.1) is 0 Å². The van der Waals surface area contributed by atoms with Gasteiger partial charge in [0.05, 0.1) is 11.4 Å². The Bertz CT molecular complexity index is 1190. The van der Waals surface area contributed by atoms with Crippen molar-refractivity contribution in [1.82, 2.24) is 10.2 Å². The van der Waals surface area contributed by atoms with Crippen LogP contribution >= 0.6 is 22.9 Å². The van der Waals surface area contributed by atoms with Crippen molar-refractivity contribution in [1.29, 1.82) is 0 Å². The van der Waals surface area contributed by atoms with E-state index in [-0.39, 0.29) is 37.2 Å². The number of rotatable bonds is 7. The Hall–Kier alpha value is -3.69. The Labute approximate surface area is 198 Å². The summed E-state index contributed by atoms with van der Waals surface area (Å²) in [5.74, 6) is -0.905. The molecule has 4 rings (SSSR count). The van der Waals surface area contributed by atoms with Crippen molar-refractivity contribution in [2.24, 2.45) is 0 Å². The average molecular weight is 483 g/mol. The molecule has 0 saturated carbocycles. The van der Waals surface area contributed by atoms with Gasteiger partial charge in [0.25, 0.3) is 5.91 Å². The number of nitrogens with one attached hydrogen (secondary N) is 3. The zero-order valence-electron chi connectivity index (χ0n) is 17.3. The van der Waals surface area contributed by atoms with Gasteiger partial charge >= 0.3 is 6.03 Å². The van der Waals surface area contributed by atoms with Gasteiger partial charge in [0, 0.05) is 34.2 Å². The van der Waals surface area contributed by atoms with Crippen molar-refractivity contribution >= 4 is 58.1 Å². The first kappa shape index (κ1) is 22.5. The fourth-order valence-corrected chi connectivity index (χ4v) is 4.21. The molecule has 1 aliphatic heterocycles. The molecule has 0 bridgehead atoms. The maximum absolute atomic E-state index is 12.6. The first-order valence-electron chi connectivity index (χ1n) is 10.0. The maximum Gasteiger partial charge on any atom is 0.324 e. The van der Waals surface area contributed by atoms with Crippen molar-refractivity contribution in [3.05, 3.63) is 70.6 Å². The van der Waals surface area contributed by atoms with E-state index in [2.05, 4.69) is 16.0 Å². The number of nitrogens with zero attached hydrogens (tertiary/aromatic N) is 1. The second kappa shape index (κ2) is 9.85. The number of imide groups is 1. The fraction of sp³-hybridized carbons (Fsp3) is 0.130. The van der Waals surface area contributed by atoms with Crippen LogP contribution in [0.1, 0.15) is 16.1 Å². The van der Waals surface area contributed by atoms with E-state index in [1.54, 1.807) is 42.5 Å². The third-order valence-electron chi connectivity index (χ3n) is 4.88. The van der Waals surface area contributed by atoms with Gasteiger partial charge in [-0.3, -0.25) is 19.3 Å². The highest BCUT2D eigenvalue weighted by atomic mass is 35.5. The van der Waals surface area contributed by atoms with E-state index in [0.29, 0.717) is 21.3 Å². The monoisotopic (exact) mass is 482 g/mol. The largest absolute Gasteiger partial charge is 0.329 e. The van der Waals surface area contributed by atoms with Gasteiger partial charge in [-0.2, -0.15) is 0 Å². The molecule has 0 atom stereocenters. The minimum absolute atomic E-state index is 0.00796. The lowest BCUT2D eigenvalue weighted by Gasteiger charge is -2.12. The van der Waals surface area contributed by atoms with Crippen LogP contribution in [0.5, 0.6) is 0 Å². The molecule has 0 spiro atoms. The van der Waals surface area contributed by atoms with Crippen molar-refractivity contribution in [2.75, 3.05) is 23.7 Å². The first-order valence-corrected chi connectivity index (χ1v) is 11.2. The zero-order valence-corrected chi connectivity index (χ0v) is 18.8. The van der Waals surface area contributed by atoms with Crippen LogP contribution in [-0.2, 0) is 9.59 Å². The van der Waals surface area contributed by atoms with Gasteiger partial charge in [-0.25, -0.2) is 4.79 Å². The highest BCUT2D eigenvalue weighted by Gasteiger charge is 2.28. The lowest BCUT2D eigenvalue weighted by Crippen LogP contribution is -2.33. The summed E-state index contributed by atoms with van der Waals surface area (Å²) in [6, 6.07) is 17.3. The molecule has 168 valence electrons. The predicted molar refractivity (Wildman–Crippen MR) is 128 cm³/mol. The number of amides is 5. The summed E-state index contributed by atoms with van der Waals surface area (Å²) in [7, 11) is 0. The molecule has 3 N–H and O–H groups in total. The van der Waals surface area contributed by atoms with E-state index in [1.807, 2.05) is 18.2 Å². The van der Waals surface area contributed by atoms with Crippen molar-refractivity contribution < 1.29 is 19.2 Å². The Morgan fingerprint density at radius 1 is 0.939 bits per heavy atom. The zero-order chi connectivity index (χ0) is 23.4. The molecule has 2 aromatic carbocycles. The van der Waals surface area contributed by atoms with E-state index < -0.39 is 6.03 Å². The Morgan fingerprint density at radius 3 is 2.24 bits per heavy atom. The molecule has 0 unspecified atom stereocenters. The SMILES string of the molecule is O=C(CCN1C(=O)CNC1=O)Nc1ccc(NC(=O)c2ccc(-c3ccc(Cl)cc3)s2)cc1. The second-order valence-electron chi connectivity index (χ2n) is 7.20. The standard InChI is InChI=1S/C23H19ClN4O4S/c24-15-3-1-14(2-4-15)18-9-10-19(33-18)22(31)27-17-7-5-16(6-8-17)26-20(29)11-12-28-21(30)13-25-23(28)32/h1-10H,11-13H2,(H,25,32)(H,26,29)(H,27,31). The van der Waals surface area contributed by atoms with Gasteiger partial charge in [-0.1, -0.05) is 23.7 Å². The van der Waals surface area contributed by atoms with Crippen LogP contribution < -0.4 is 16.0 Å². The van der Waals surface area contributed by atoms with Crippen LogP contribution in [0.4, 0.5) is 16.2 Å². The highest BCUT2D eigenvalue weighted by molar-refractivity contribution is 7.17. The summed E-state index contributed by atoms with van der Waals surface area (Å²) in [5.41, 5.74) is 2.10. The number of hydrogen-bond donors (Lipinski definition) is 3. The summed E-state index contributed by atoms with van der Waals surface area (Å²) < 4.78 is 0. The number of anilines is 2. The molecule has 0 aliphatic carbocycles. The Balaban J connectivity index is 1.30. The van der Waals surface area contributed by atoms with Gasteiger partial charge in [0.2, 0.25) is 11.8 Å². The van der Waals surface area contributed by atoms with E-state index in [0.717, 1.165) is 15.3 Å². The molecule has 1 fully saturated rings. The predicted octanol–water partition coefficient (Wildman–Crippen LogP) is 4.20. The van der Waals surface area contributed by atoms with Gasteiger partial charge in [-0.15, -0.1) is 11.3 Å². The number of carbonyl (C=O) groups is 4. The molecule has 1 saturated heterocycles. The molecule has 5 amide bonds. The van der Waals surface area contributed by atoms with Crippen LogP contribution in [-0.4, -0.2) is 41.7 Å². The number of benzene rings is 2. The second-order valence-corrected chi connectivity index (χ2v) is 8.72. The lowest BCUT2D eigenvalue weighted by molar-refractivity contribution is -0.125. The van der Waals surface area contributed by atoms with Crippen LogP contribution in [0.2, 0.25) is 5.02 Å². The molecule has 0 radical (unpaired) electrons. The number of thiophene rings is 1. The molecule has 2 heterocycles. The first-order chi connectivity index (χ1) is 15.9. The summed E-state index contributed by atoms with van der Waals surface area (Å²) in [6.45, 7) is -0.0228. The van der Waals surface area contributed by atoms with E-state index in [9.17, 15) is 19.2 Å². The number of carbonyl (C=O) groups excluding carboxylic acids is 4. The normalized spacial score (nSPS) is 13.1. The number of urea groups is 1. The van der Waals surface area contributed by atoms with Gasteiger partial charge in [0.1, 0.15) is 0 Å². The van der Waals surface area contributed by atoms with Gasteiger partial charge < -0.3 is 16.0 Å². The summed E-state index contributed by atoms with van der Waals surface area (Å²) in [6.07, 6.45) is -0.00796. The number of halogens is 1. The van der Waals surface area contributed by atoms with Crippen LogP contribution in [0.3, 0.4) is 0 Å². The average Bonchev–Trinajstić information content (AvgIpc) is 3.41. The van der Waals surface area contributed by atoms with E-state index in [1.165, 1.54) is 11.3 Å². The Morgan fingerprint density at radius 2 is 1.61 bits per heavy atom. The minimum Gasteiger partial charge on any atom is -0.329 e. The topological polar surface area (TPSA) is 108 Å². The van der Waals surface area contributed by atoms with Crippen molar-refractivity contribution in [3.8, 4) is 10.4 Å². The summed E-state index contributed by atoms with van der Waals surface area (Å²) in [4.78, 5) is 50.3. The van der Waals surface area contributed by atoms with Crippen molar-refractivity contribution in [2.45, 2.75) is 6.42 Å². The molecular formula is C23H19ClN4O4S.